The van der Waals surface area contributed by atoms with Gasteiger partial charge in [-0.05, 0) is 41.7 Å². The predicted octanol–water partition coefficient (Wildman–Crippen LogP) is 3.81. The molecule has 1 heterocycles. The van der Waals surface area contributed by atoms with Crippen molar-refractivity contribution in [1.29, 1.82) is 0 Å². The third-order valence-corrected chi connectivity index (χ3v) is 5.71. The van der Waals surface area contributed by atoms with Crippen LogP contribution in [0.5, 0.6) is 0 Å². The van der Waals surface area contributed by atoms with Crippen molar-refractivity contribution in [3.05, 3.63) is 96.1 Å². The maximum atomic E-state index is 13.1. The Labute approximate surface area is 182 Å². The van der Waals surface area contributed by atoms with E-state index in [1.165, 1.54) is 0 Å². The maximum absolute atomic E-state index is 13.1. The molecule has 1 fully saturated rings. The van der Waals surface area contributed by atoms with Gasteiger partial charge in [0.1, 0.15) is 6.04 Å². The van der Waals surface area contributed by atoms with Crippen molar-refractivity contribution in [2.75, 3.05) is 13.1 Å². The summed E-state index contributed by atoms with van der Waals surface area (Å²) < 4.78 is 0. The lowest BCUT2D eigenvalue weighted by molar-refractivity contribution is -0.125. The number of amides is 2. The minimum Gasteiger partial charge on any atom is -0.387 e. The molecule has 1 aliphatic heterocycles. The highest BCUT2D eigenvalue weighted by atomic mass is 16.3. The van der Waals surface area contributed by atoms with E-state index in [0.717, 1.165) is 23.1 Å². The molecule has 1 saturated heterocycles. The summed E-state index contributed by atoms with van der Waals surface area (Å²) in [5.74, 6) is -0.359. The third kappa shape index (κ3) is 4.84. The van der Waals surface area contributed by atoms with E-state index >= 15 is 0 Å². The Morgan fingerprint density at radius 1 is 0.903 bits per heavy atom. The Balaban J connectivity index is 1.39. The van der Waals surface area contributed by atoms with E-state index in [1.807, 2.05) is 84.9 Å². The highest BCUT2D eigenvalue weighted by molar-refractivity contribution is 5.98. The number of likely N-dealkylation sites (tertiary alicyclic amines) is 1. The van der Waals surface area contributed by atoms with E-state index in [9.17, 15) is 14.7 Å². The van der Waals surface area contributed by atoms with Gasteiger partial charge < -0.3 is 15.3 Å². The SMILES string of the molecule is O=C(NCC(O)c1ccccc1)C1CCCN1C(=O)c1ccc(-c2ccccc2)cc1. The fourth-order valence-electron chi connectivity index (χ4n) is 3.99. The van der Waals surface area contributed by atoms with Gasteiger partial charge in [0.15, 0.2) is 0 Å². The van der Waals surface area contributed by atoms with Crippen LogP contribution in [0.15, 0.2) is 84.9 Å². The Morgan fingerprint density at radius 3 is 2.19 bits per heavy atom. The minimum atomic E-state index is -0.777. The molecule has 2 atom stereocenters. The first-order valence-corrected chi connectivity index (χ1v) is 10.6. The lowest BCUT2D eigenvalue weighted by Gasteiger charge is -2.24. The Hall–Kier alpha value is -3.44. The fourth-order valence-corrected chi connectivity index (χ4v) is 3.99. The molecule has 2 N–H and O–H groups in total. The zero-order valence-electron chi connectivity index (χ0n) is 17.3. The molecule has 0 radical (unpaired) electrons. The standard InChI is InChI=1S/C26H26N2O3/c29-24(21-10-5-2-6-11-21)18-27-25(30)23-12-7-17-28(23)26(31)22-15-13-20(14-16-22)19-8-3-1-4-9-19/h1-6,8-11,13-16,23-24,29H,7,12,17-18H2,(H,27,30). The van der Waals surface area contributed by atoms with Crippen LogP contribution in [0, 0.1) is 0 Å². The van der Waals surface area contributed by atoms with Crippen LogP contribution >= 0.6 is 0 Å². The van der Waals surface area contributed by atoms with E-state index in [4.69, 9.17) is 0 Å². The van der Waals surface area contributed by atoms with Gasteiger partial charge >= 0.3 is 0 Å². The summed E-state index contributed by atoms with van der Waals surface area (Å²) in [6.07, 6.45) is 0.634. The van der Waals surface area contributed by atoms with Crippen LogP contribution in [-0.4, -0.2) is 41.0 Å². The number of benzene rings is 3. The average Bonchev–Trinajstić information content (AvgIpc) is 3.33. The van der Waals surface area contributed by atoms with Crippen LogP contribution in [0.2, 0.25) is 0 Å². The van der Waals surface area contributed by atoms with Gasteiger partial charge in [-0.25, -0.2) is 0 Å². The van der Waals surface area contributed by atoms with Gasteiger partial charge in [-0.2, -0.15) is 0 Å². The van der Waals surface area contributed by atoms with Gasteiger partial charge in [-0.15, -0.1) is 0 Å². The number of nitrogens with one attached hydrogen (secondary N) is 1. The molecule has 0 bridgehead atoms. The Kier molecular flexibility index (Phi) is 6.43. The molecule has 2 amide bonds. The molecular formula is C26H26N2O3. The van der Waals surface area contributed by atoms with E-state index in [1.54, 1.807) is 4.90 Å². The summed E-state index contributed by atoms with van der Waals surface area (Å²) in [4.78, 5) is 27.5. The van der Waals surface area contributed by atoms with Crippen LogP contribution in [0.1, 0.15) is 34.9 Å². The number of carbonyl (C=O) groups excluding carboxylic acids is 2. The lowest BCUT2D eigenvalue weighted by Crippen LogP contribution is -2.46. The molecule has 0 spiro atoms. The van der Waals surface area contributed by atoms with Crippen LogP contribution in [-0.2, 0) is 4.79 Å². The molecule has 0 saturated carbocycles. The fraction of sp³-hybridized carbons (Fsp3) is 0.231. The van der Waals surface area contributed by atoms with Crippen LogP contribution in [0.4, 0.5) is 0 Å². The van der Waals surface area contributed by atoms with E-state index in [2.05, 4.69) is 5.32 Å². The van der Waals surface area contributed by atoms with Gasteiger partial charge in [-0.1, -0.05) is 72.8 Å². The van der Waals surface area contributed by atoms with Crippen molar-refractivity contribution in [3.63, 3.8) is 0 Å². The molecule has 3 aromatic rings. The van der Waals surface area contributed by atoms with Gasteiger partial charge in [-0.3, -0.25) is 9.59 Å². The summed E-state index contributed by atoms with van der Waals surface area (Å²) in [6, 6.07) is 26.2. The maximum Gasteiger partial charge on any atom is 0.254 e. The first kappa shape index (κ1) is 20.8. The lowest BCUT2D eigenvalue weighted by atomic mass is 10.0. The van der Waals surface area contributed by atoms with E-state index in [0.29, 0.717) is 18.5 Å². The molecule has 158 valence electrons. The van der Waals surface area contributed by atoms with E-state index in [-0.39, 0.29) is 18.4 Å². The number of carbonyl (C=O) groups is 2. The Morgan fingerprint density at radius 2 is 1.52 bits per heavy atom. The highest BCUT2D eigenvalue weighted by Gasteiger charge is 2.34. The minimum absolute atomic E-state index is 0.118. The number of aliphatic hydroxyl groups excluding tert-OH is 1. The van der Waals surface area contributed by atoms with Crippen molar-refractivity contribution in [1.82, 2.24) is 10.2 Å². The summed E-state index contributed by atoms with van der Waals surface area (Å²) >= 11 is 0. The second-order valence-corrected chi connectivity index (χ2v) is 7.77. The van der Waals surface area contributed by atoms with Gasteiger partial charge in [0.25, 0.3) is 5.91 Å². The van der Waals surface area contributed by atoms with Crippen molar-refractivity contribution in [3.8, 4) is 11.1 Å². The quantitative estimate of drug-likeness (QED) is 0.645. The van der Waals surface area contributed by atoms with E-state index < -0.39 is 12.1 Å². The first-order chi connectivity index (χ1) is 15.1. The number of hydrogen-bond donors (Lipinski definition) is 2. The van der Waals surface area contributed by atoms with Crippen molar-refractivity contribution >= 4 is 11.8 Å². The summed E-state index contributed by atoms with van der Waals surface area (Å²) in [6.45, 7) is 0.672. The number of aliphatic hydroxyl groups is 1. The molecule has 0 aliphatic carbocycles. The topological polar surface area (TPSA) is 69.6 Å². The normalized spacial score (nSPS) is 16.7. The monoisotopic (exact) mass is 414 g/mol. The van der Waals surface area contributed by atoms with Gasteiger partial charge in [0.05, 0.1) is 6.10 Å². The number of rotatable bonds is 6. The number of hydrogen-bond acceptors (Lipinski definition) is 3. The third-order valence-electron chi connectivity index (χ3n) is 5.71. The largest absolute Gasteiger partial charge is 0.387 e. The molecule has 3 aromatic carbocycles. The molecular weight excluding hydrogens is 388 g/mol. The Bertz CT molecular complexity index is 1020. The molecule has 31 heavy (non-hydrogen) atoms. The van der Waals surface area contributed by atoms with Gasteiger partial charge in [0.2, 0.25) is 5.91 Å². The summed E-state index contributed by atoms with van der Waals surface area (Å²) in [7, 11) is 0. The first-order valence-electron chi connectivity index (χ1n) is 10.6. The average molecular weight is 415 g/mol. The molecule has 5 nitrogen and oxygen atoms in total. The van der Waals surface area contributed by atoms with Crippen LogP contribution in [0.3, 0.4) is 0 Å². The highest BCUT2D eigenvalue weighted by Crippen LogP contribution is 2.23. The zero-order valence-corrected chi connectivity index (χ0v) is 17.3. The molecule has 5 heteroatoms. The molecule has 2 unspecified atom stereocenters. The summed E-state index contributed by atoms with van der Waals surface area (Å²) in [5, 5.41) is 13.1. The number of nitrogens with zero attached hydrogens (tertiary/aromatic N) is 1. The molecule has 0 aromatic heterocycles. The van der Waals surface area contributed by atoms with Gasteiger partial charge in [0, 0.05) is 18.7 Å². The van der Waals surface area contributed by atoms with Crippen molar-refractivity contribution in [2.24, 2.45) is 0 Å². The summed E-state index contributed by atoms with van der Waals surface area (Å²) in [5.41, 5.74) is 3.46. The van der Waals surface area contributed by atoms with Crippen LogP contribution < -0.4 is 5.32 Å². The zero-order chi connectivity index (χ0) is 21.6. The van der Waals surface area contributed by atoms with Crippen molar-refractivity contribution < 1.29 is 14.7 Å². The van der Waals surface area contributed by atoms with Crippen molar-refractivity contribution in [2.45, 2.75) is 25.0 Å². The van der Waals surface area contributed by atoms with Crippen LogP contribution in [0.25, 0.3) is 11.1 Å². The molecule has 4 rings (SSSR count). The molecule has 1 aliphatic rings. The second-order valence-electron chi connectivity index (χ2n) is 7.77. The smallest absolute Gasteiger partial charge is 0.254 e. The second kappa shape index (κ2) is 9.58. The predicted molar refractivity (Wildman–Crippen MR) is 120 cm³/mol.